The largest absolute Gasteiger partial charge is 0.476 e. The van der Waals surface area contributed by atoms with Crippen LogP contribution in [0.5, 0.6) is 5.75 Å². The SMILES string of the molecule is Cc1ccc2c(c1)N(S(C)(=O)=O)C[C@@H](C(=O)NC(C)(C)CC(C)(C)C)O2. The first-order chi connectivity index (χ1) is 11.7. The van der Waals surface area contributed by atoms with Crippen LogP contribution < -0.4 is 14.4 Å². The van der Waals surface area contributed by atoms with Crippen LogP contribution in [0.25, 0.3) is 0 Å². The summed E-state index contributed by atoms with van der Waals surface area (Å²) in [5.74, 6) is 0.0974. The van der Waals surface area contributed by atoms with Gasteiger partial charge in [0.25, 0.3) is 5.91 Å². The molecule has 0 bridgehead atoms. The Balaban J connectivity index is 2.26. The highest BCUT2D eigenvalue weighted by atomic mass is 32.2. The number of ether oxygens (including phenoxy) is 1. The number of carbonyl (C=O) groups is 1. The number of sulfonamides is 1. The van der Waals surface area contributed by atoms with Crippen molar-refractivity contribution in [3.63, 3.8) is 0 Å². The molecular formula is C19H30N2O4S. The molecule has 0 aliphatic carbocycles. The lowest BCUT2D eigenvalue weighted by Crippen LogP contribution is -2.55. The molecule has 1 heterocycles. The van der Waals surface area contributed by atoms with Crippen LogP contribution in [-0.2, 0) is 14.8 Å². The van der Waals surface area contributed by atoms with E-state index < -0.39 is 21.7 Å². The summed E-state index contributed by atoms with van der Waals surface area (Å²) in [6.45, 7) is 12.1. The van der Waals surface area contributed by atoms with Gasteiger partial charge in [0.15, 0.2) is 6.10 Å². The van der Waals surface area contributed by atoms with Crippen LogP contribution in [0.1, 0.15) is 46.6 Å². The lowest BCUT2D eigenvalue weighted by molar-refractivity contribution is -0.129. The van der Waals surface area contributed by atoms with Crippen molar-refractivity contribution >= 4 is 21.6 Å². The summed E-state index contributed by atoms with van der Waals surface area (Å²) < 4.78 is 31.6. The number of nitrogens with zero attached hydrogens (tertiary/aromatic N) is 1. The van der Waals surface area contributed by atoms with Crippen LogP contribution in [0.2, 0.25) is 0 Å². The van der Waals surface area contributed by atoms with Crippen LogP contribution >= 0.6 is 0 Å². The van der Waals surface area contributed by atoms with Crippen molar-refractivity contribution in [2.75, 3.05) is 17.1 Å². The lowest BCUT2D eigenvalue weighted by Gasteiger charge is -2.37. The zero-order valence-electron chi connectivity index (χ0n) is 16.7. The van der Waals surface area contributed by atoms with E-state index >= 15 is 0 Å². The van der Waals surface area contributed by atoms with E-state index in [1.165, 1.54) is 4.31 Å². The van der Waals surface area contributed by atoms with Crippen molar-refractivity contribution in [3.05, 3.63) is 23.8 Å². The normalized spacial score (nSPS) is 18.1. The Morgan fingerprint density at radius 1 is 1.27 bits per heavy atom. The van der Waals surface area contributed by atoms with Crippen molar-refractivity contribution in [3.8, 4) is 5.75 Å². The van der Waals surface area contributed by atoms with Gasteiger partial charge in [0, 0.05) is 5.54 Å². The number of carbonyl (C=O) groups excluding carboxylic acids is 1. The van der Waals surface area contributed by atoms with E-state index in [0.717, 1.165) is 18.2 Å². The predicted molar refractivity (Wildman–Crippen MR) is 104 cm³/mol. The number of benzene rings is 1. The fourth-order valence-corrected chi connectivity index (χ4v) is 4.50. The van der Waals surface area contributed by atoms with E-state index in [4.69, 9.17) is 4.74 Å². The zero-order chi connectivity index (χ0) is 19.9. The van der Waals surface area contributed by atoms with Gasteiger partial charge in [-0.3, -0.25) is 9.10 Å². The van der Waals surface area contributed by atoms with E-state index in [1.807, 2.05) is 26.8 Å². The Kier molecular flexibility index (Phi) is 5.34. The van der Waals surface area contributed by atoms with Crippen molar-refractivity contribution in [1.29, 1.82) is 0 Å². The van der Waals surface area contributed by atoms with Crippen molar-refractivity contribution < 1.29 is 17.9 Å². The third kappa shape index (κ3) is 5.13. The number of fused-ring (bicyclic) bond motifs is 1. The Hall–Kier alpha value is -1.76. The molecule has 1 aromatic carbocycles. The first-order valence-corrected chi connectivity index (χ1v) is 10.6. The highest BCUT2D eigenvalue weighted by molar-refractivity contribution is 7.92. The molecule has 0 aromatic heterocycles. The molecule has 1 aliphatic heterocycles. The number of anilines is 1. The summed E-state index contributed by atoms with van der Waals surface area (Å²) in [6.07, 6.45) is 1.03. The minimum Gasteiger partial charge on any atom is -0.476 e. The highest BCUT2D eigenvalue weighted by Gasteiger charge is 2.37. The zero-order valence-corrected chi connectivity index (χ0v) is 17.5. The van der Waals surface area contributed by atoms with Crippen LogP contribution in [0.15, 0.2) is 18.2 Å². The van der Waals surface area contributed by atoms with E-state index in [2.05, 4.69) is 26.1 Å². The third-order valence-corrected chi connectivity index (χ3v) is 5.26. The molecule has 0 saturated carbocycles. The summed E-state index contributed by atoms with van der Waals surface area (Å²) in [7, 11) is -3.52. The number of aryl methyl sites for hydroxylation is 1. The number of nitrogens with one attached hydrogen (secondary N) is 1. The Morgan fingerprint density at radius 3 is 2.42 bits per heavy atom. The van der Waals surface area contributed by atoms with Gasteiger partial charge in [-0.25, -0.2) is 8.42 Å². The summed E-state index contributed by atoms with van der Waals surface area (Å²) in [5.41, 5.74) is 1.02. The van der Waals surface area contributed by atoms with Crippen LogP contribution in [0, 0.1) is 12.3 Å². The molecule has 1 N–H and O–H groups in total. The predicted octanol–water partition coefficient (Wildman–Crippen LogP) is 2.85. The van der Waals surface area contributed by atoms with E-state index in [-0.39, 0.29) is 17.9 Å². The van der Waals surface area contributed by atoms with Crippen molar-refractivity contribution in [1.82, 2.24) is 5.32 Å². The molecule has 26 heavy (non-hydrogen) atoms. The fraction of sp³-hybridized carbons (Fsp3) is 0.632. The van der Waals surface area contributed by atoms with Crippen LogP contribution in [0.4, 0.5) is 5.69 Å². The van der Waals surface area contributed by atoms with Gasteiger partial charge in [-0.15, -0.1) is 0 Å². The molecule has 1 aliphatic rings. The molecule has 1 atom stereocenters. The van der Waals surface area contributed by atoms with Crippen LogP contribution in [-0.4, -0.2) is 38.8 Å². The second kappa shape index (κ2) is 6.76. The van der Waals surface area contributed by atoms with Gasteiger partial charge >= 0.3 is 0 Å². The smallest absolute Gasteiger partial charge is 0.263 e. The molecule has 2 rings (SSSR count). The Labute approximate surface area is 157 Å². The molecule has 146 valence electrons. The maximum atomic E-state index is 12.8. The highest BCUT2D eigenvalue weighted by Crippen LogP contribution is 2.36. The second-order valence-electron chi connectivity index (χ2n) is 8.98. The maximum Gasteiger partial charge on any atom is 0.263 e. The number of hydrogen-bond donors (Lipinski definition) is 1. The number of hydrogen-bond acceptors (Lipinski definition) is 4. The molecular weight excluding hydrogens is 352 g/mol. The van der Waals surface area contributed by atoms with Gasteiger partial charge in [0.2, 0.25) is 10.0 Å². The van der Waals surface area contributed by atoms with Gasteiger partial charge in [-0.05, 0) is 50.3 Å². The molecule has 1 amide bonds. The fourth-order valence-electron chi connectivity index (χ4n) is 3.60. The summed E-state index contributed by atoms with van der Waals surface area (Å²) in [4.78, 5) is 12.8. The van der Waals surface area contributed by atoms with Gasteiger partial charge < -0.3 is 10.1 Å². The topological polar surface area (TPSA) is 75.7 Å². The van der Waals surface area contributed by atoms with Gasteiger partial charge in [-0.1, -0.05) is 26.8 Å². The molecule has 0 unspecified atom stereocenters. The van der Waals surface area contributed by atoms with Gasteiger partial charge in [0.05, 0.1) is 18.5 Å². The summed E-state index contributed by atoms with van der Waals surface area (Å²) in [5, 5.41) is 3.01. The van der Waals surface area contributed by atoms with Gasteiger partial charge in [0.1, 0.15) is 5.75 Å². The molecule has 6 nitrogen and oxygen atoms in total. The van der Waals surface area contributed by atoms with Crippen LogP contribution in [0.3, 0.4) is 0 Å². The quantitative estimate of drug-likeness (QED) is 0.869. The summed E-state index contributed by atoms with van der Waals surface area (Å²) >= 11 is 0. The minimum atomic E-state index is -3.52. The van der Waals surface area contributed by atoms with Crippen molar-refractivity contribution in [2.24, 2.45) is 5.41 Å². The molecule has 0 spiro atoms. The molecule has 0 fully saturated rings. The van der Waals surface area contributed by atoms with E-state index in [1.54, 1.807) is 12.1 Å². The monoisotopic (exact) mass is 382 g/mol. The molecule has 1 aromatic rings. The molecule has 0 radical (unpaired) electrons. The Morgan fingerprint density at radius 2 is 1.88 bits per heavy atom. The standard InChI is InChI=1S/C19H30N2O4S/c1-13-8-9-15-14(10-13)21(26(7,23)24)11-16(25-15)17(22)20-19(5,6)12-18(2,3)4/h8-10,16H,11-12H2,1-7H3,(H,20,22)/t16-/m0/s1. The third-order valence-electron chi connectivity index (χ3n) is 4.11. The molecule has 7 heteroatoms. The first kappa shape index (κ1) is 20.6. The Bertz CT molecular complexity index is 794. The lowest BCUT2D eigenvalue weighted by atomic mass is 9.81. The number of amides is 1. The first-order valence-electron chi connectivity index (χ1n) is 8.75. The molecule has 0 saturated heterocycles. The van der Waals surface area contributed by atoms with E-state index in [0.29, 0.717) is 11.4 Å². The average molecular weight is 383 g/mol. The second-order valence-corrected chi connectivity index (χ2v) is 10.9. The summed E-state index contributed by atoms with van der Waals surface area (Å²) in [6, 6.07) is 5.31. The van der Waals surface area contributed by atoms with E-state index in [9.17, 15) is 13.2 Å². The van der Waals surface area contributed by atoms with Crippen molar-refractivity contribution in [2.45, 2.75) is 59.6 Å². The number of rotatable bonds is 4. The van der Waals surface area contributed by atoms with Gasteiger partial charge in [-0.2, -0.15) is 0 Å². The minimum absolute atomic E-state index is 0.0350. The maximum absolute atomic E-state index is 12.8. The average Bonchev–Trinajstić information content (AvgIpc) is 2.41.